The number of carbonyl (C=O) groups excluding carboxylic acids is 1. The minimum absolute atomic E-state index is 0.228. The van der Waals surface area contributed by atoms with Gasteiger partial charge in [0.05, 0.1) is 0 Å². The van der Waals surface area contributed by atoms with Crippen LogP contribution in [-0.2, 0) is 6.54 Å². The Morgan fingerprint density at radius 2 is 2.05 bits per heavy atom. The summed E-state index contributed by atoms with van der Waals surface area (Å²) in [6.07, 6.45) is 0. The molecule has 0 aliphatic heterocycles. The molecule has 2 rings (SSSR count). The summed E-state index contributed by atoms with van der Waals surface area (Å²) < 4.78 is 1.14. The number of rotatable bonds is 5. The van der Waals surface area contributed by atoms with Gasteiger partial charge in [-0.15, -0.1) is 11.3 Å². The van der Waals surface area contributed by atoms with Gasteiger partial charge in [0.25, 0.3) is 0 Å². The summed E-state index contributed by atoms with van der Waals surface area (Å²) in [5.74, 6) is 0. The number of hydrogen-bond donors (Lipinski definition) is 3. The molecule has 20 heavy (non-hydrogen) atoms. The Bertz CT molecular complexity index is 582. The van der Waals surface area contributed by atoms with E-state index in [4.69, 9.17) is 5.73 Å². The van der Waals surface area contributed by atoms with E-state index in [1.807, 2.05) is 24.3 Å². The van der Waals surface area contributed by atoms with Crippen LogP contribution in [-0.4, -0.2) is 6.03 Å². The van der Waals surface area contributed by atoms with Crippen molar-refractivity contribution in [1.82, 2.24) is 5.32 Å². The number of carbonyl (C=O) groups is 1. The maximum atomic E-state index is 10.7. The molecule has 1 aromatic heterocycles. The maximum absolute atomic E-state index is 10.7. The Kier molecular flexibility index (Phi) is 5.17. The van der Waals surface area contributed by atoms with Crippen LogP contribution in [0.3, 0.4) is 0 Å². The highest BCUT2D eigenvalue weighted by atomic mass is 79.9. The molecule has 0 saturated heterocycles. The molecule has 0 spiro atoms. The highest BCUT2D eigenvalue weighted by Gasteiger charge is 2.07. The summed E-state index contributed by atoms with van der Waals surface area (Å²) in [4.78, 5) is 12.0. The number of nitrogens with one attached hydrogen (secondary N) is 2. The van der Waals surface area contributed by atoms with Crippen molar-refractivity contribution in [1.29, 1.82) is 0 Å². The van der Waals surface area contributed by atoms with Gasteiger partial charge in [-0.2, -0.15) is 0 Å². The molecule has 2 amide bonds. The fourth-order valence-corrected chi connectivity index (χ4v) is 3.26. The second-order valence-corrected chi connectivity index (χ2v) is 6.26. The molecular formula is C14H16BrN3OS. The summed E-state index contributed by atoms with van der Waals surface area (Å²) in [7, 11) is 0. The standard InChI is InChI=1S/C14H16BrN3OS/c1-9(17-8-13-12(15)6-7-20-13)10-2-4-11(5-3-10)18-14(16)19/h2-7,9,17H,8H2,1H3,(H3,16,18,19). The van der Waals surface area contributed by atoms with Gasteiger partial charge >= 0.3 is 6.03 Å². The quantitative estimate of drug-likeness (QED) is 0.763. The van der Waals surface area contributed by atoms with Crippen LogP contribution in [0.4, 0.5) is 10.5 Å². The van der Waals surface area contributed by atoms with Crippen molar-refractivity contribution in [2.24, 2.45) is 5.73 Å². The average molecular weight is 354 g/mol. The van der Waals surface area contributed by atoms with Gasteiger partial charge < -0.3 is 16.4 Å². The third-order valence-corrected chi connectivity index (χ3v) is 4.86. The highest BCUT2D eigenvalue weighted by Crippen LogP contribution is 2.23. The molecule has 0 bridgehead atoms. The molecule has 0 aliphatic rings. The van der Waals surface area contributed by atoms with Gasteiger partial charge in [0.1, 0.15) is 0 Å². The molecule has 1 heterocycles. The Morgan fingerprint density at radius 1 is 1.35 bits per heavy atom. The number of amides is 2. The second-order valence-electron chi connectivity index (χ2n) is 4.41. The van der Waals surface area contributed by atoms with Crippen LogP contribution >= 0.6 is 27.3 Å². The highest BCUT2D eigenvalue weighted by molar-refractivity contribution is 9.10. The average Bonchev–Trinajstić information content (AvgIpc) is 2.82. The predicted molar refractivity (Wildman–Crippen MR) is 86.9 cm³/mol. The van der Waals surface area contributed by atoms with Crippen LogP contribution in [0.25, 0.3) is 0 Å². The number of urea groups is 1. The van der Waals surface area contributed by atoms with Gasteiger partial charge in [-0.3, -0.25) is 0 Å². The van der Waals surface area contributed by atoms with Crippen molar-refractivity contribution in [2.45, 2.75) is 19.5 Å². The first-order valence-electron chi connectivity index (χ1n) is 6.18. The molecule has 4 nitrogen and oxygen atoms in total. The first-order valence-corrected chi connectivity index (χ1v) is 7.85. The fourth-order valence-electron chi connectivity index (χ4n) is 1.81. The minimum Gasteiger partial charge on any atom is -0.351 e. The van der Waals surface area contributed by atoms with Gasteiger partial charge in [0.15, 0.2) is 0 Å². The molecule has 0 saturated carbocycles. The van der Waals surface area contributed by atoms with E-state index in [0.717, 1.165) is 16.6 Å². The van der Waals surface area contributed by atoms with Crippen LogP contribution in [0, 0.1) is 0 Å². The maximum Gasteiger partial charge on any atom is 0.316 e. The zero-order valence-electron chi connectivity index (χ0n) is 11.0. The van der Waals surface area contributed by atoms with Gasteiger partial charge in [0.2, 0.25) is 0 Å². The molecule has 0 radical (unpaired) electrons. The molecule has 2 aromatic rings. The number of anilines is 1. The lowest BCUT2D eigenvalue weighted by molar-refractivity contribution is 0.259. The summed E-state index contributed by atoms with van der Waals surface area (Å²) in [5.41, 5.74) is 6.94. The first kappa shape index (κ1) is 15.0. The number of benzene rings is 1. The van der Waals surface area contributed by atoms with Crippen LogP contribution in [0.1, 0.15) is 23.4 Å². The Labute approximate surface area is 130 Å². The van der Waals surface area contributed by atoms with Gasteiger partial charge in [-0.05, 0) is 52.0 Å². The van der Waals surface area contributed by atoms with Crippen LogP contribution < -0.4 is 16.4 Å². The van der Waals surface area contributed by atoms with Crippen molar-refractivity contribution < 1.29 is 4.79 Å². The molecular weight excluding hydrogens is 338 g/mol. The minimum atomic E-state index is -0.550. The van der Waals surface area contributed by atoms with E-state index in [1.165, 1.54) is 4.88 Å². The molecule has 6 heteroatoms. The van der Waals surface area contributed by atoms with Crippen molar-refractivity contribution in [3.63, 3.8) is 0 Å². The summed E-state index contributed by atoms with van der Waals surface area (Å²) in [6.45, 7) is 2.93. The topological polar surface area (TPSA) is 67.2 Å². The molecule has 0 fully saturated rings. The molecule has 0 aliphatic carbocycles. The van der Waals surface area contributed by atoms with Crippen molar-refractivity contribution >= 4 is 39.0 Å². The van der Waals surface area contributed by atoms with Crippen molar-refractivity contribution in [3.05, 3.63) is 50.6 Å². The second kappa shape index (κ2) is 6.88. The Balaban J connectivity index is 1.93. The number of hydrogen-bond acceptors (Lipinski definition) is 3. The lowest BCUT2D eigenvalue weighted by Gasteiger charge is -2.14. The SMILES string of the molecule is CC(NCc1sccc1Br)c1ccc(NC(N)=O)cc1. The lowest BCUT2D eigenvalue weighted by Crippen LogP contribution is -2.20. The van der Waals surface area contributed by atoms with E-state index in [0.29, 0.717) is 5.69 Å². The Morgan fingerprint density at radius 3 is 2.60 bits per heavy atom. The van der Waals surface area contributed by atoms with Crippen molar-refractivity contribution in [3.8, 4) is 0 Å². The van der Waals surface area contributed by atoms with E-state index < -0.39 is 6.03 Å². The predicted octanol–water partition coefficient (Wildman–Crippen LogP) is 3.85. The van der Waals surface area contributed by atoms with E-state index in [-0.39, 0.29) is 6.04 Å². The third-order valence-electron chi connectivity index (χ3n) is 2.94. The normalized spacial score (nSPS) is 12.1. The van der Waals surface area contributed by atoms with Gasteiger partial charge in [0, 0.05) is 27.6 Å². The van der Waals surface area contributed by atoms with E-state index in [2.05, 4.69) is 44.9 Å². The van der Waals surface area contributed by atoms with Crippen LogP contribution in [0.15, 0.2) is 40.2 Å². The summed E-state index contributed by atoms with van der Waals surface area (Å²) >= 11 is 5.25. The first-order chi connectivity index (χ1) is 9.56. The van der Waals surface area contributed by atoms with E-state index in [9.17, 15) is 4.79 Å². The number of halogens is 1. The molecule has 106 valence electrons. The van der Waals surface area contributed by atoms with E-state index in [1.54, 1.807) is 11.3 Å². The van der Waals surface area contributed by atoms with Crippen LogP contribution in [0.2, 0.25) is 0 Å². The van der Waals surface area contributed by atoms with Crippen molar-refractivity contribution in [2.75, 3.05) is 5.32 Å². The number of thiophene rings is 1. The smallest absolute Gasteiger partial charge is 0.316 e. The van der Waals surface area contributed by atoms with Gasteiger partial charge in [-0.1, -0.05) is 12.1 Å². The fraction of sp³-hybridized carbons (Fsp3) is 0.214. The van der Waals surface area contributed by atoms with E-state index >= 15 is 0 Å². The zero-order valence-corrected chi connectivity index (χ0v) is 13.4. The monoisotopic (exact) mass is 353 g/mol. The van der Waals surface area contributed by atoms with Gasteiger partial charge in [-0.25, -0.2) is 4.79 Å². The number of primary amides is 1. The Hall–Kier alpha value is -1.37. The molecule has 1 unspecified atom stereocenters. The zero-order chi connectivity index (χ0) is 14.5. The lowest BCUT2D eigenvalue weighted by atomic mass is 10.1. The third kappa shape index (κ3) is 4.06. The molecule has 4 N–H and O–H groups in total. The van der Waals surface area contributed by atoms with Crippen LogP contribution in [0.5, 0.6) is 0 Å². The summed E-state index contributed by atoms with van der Waals surface area (Å²) in [5, 5.41) is 8.08. The molecule has 1 atom stereocenters. The largest absolute Gasteiger partial charge is 0.351 e. The number of nitrogens with two attached hydrogens (primary N) is 1. The molecule has 1 aromatic carbocycles. The summed E-state index contributed by atoms with van der Waals surface area (Å²) in [6, 6.07) is 9.38.